The minimum absolute atomic E-state index is 0.0258. The molecule has 1 unspecified atom stereocenters. The molecule has 2 saturated heterocycles. The zero-order chi connectivity index (χ0) is 39.0. The van der Waals surface area contributed by atoms with Crippen molar-refractivity contribution in [3.8, 4) is 0 Å². The first kappa shape index (κ1) is 36.9. The minimum atomic E-state index is -4.82. The molecule has 18 heteroatoms. The maximum Gasteiger partial charge on any atom is 0.421 e. The zero-order valence-electron chi connectivity index (χ0n) is 29.1. The molecule has 7 rings (SSSR count). The highest BCUT2D eigenvalue weighted by Gasteiger charge is 2.45. The molecule has 0 aliphatic carbocycles. The number of carbonyl (C=O) groups is 5. The monoisotopic (exact) mass is 759 g/mol. The standard InChI is InChI=1S/C37H33F4N9O5/c1-42-32(52)24-4-2-3-5-28(24)46-31-26(37(39,40)41)17-44-36(48-31)45-20-7-6-19(27(38)14-20)16-43-21-12-13-49(18-21)22-8-9-23-25(15-22)35(55)50(34(23)54)29-10-11-30(51)47-33(29)53/h2-9,14-15,17,21,29,43H,10-13,16,18H2,1H3,(H,42,52)(H,47,51,53)(H2,44,45,46,48)/t21-,29?/m1/s1. The van der Waals surface area contributed by atoms with Crippen LogP contribution in [0, 0.1) is 5.82 Å². The lowest BCUT2D eigenvalue weighted by molar-refractivity contribution is -0.138. The zero-order valence-corrected chi connectivity index (χ0v) is 29.1. The summed E-state index contributed by atoms with van der Waals surface area (Å²) in [5, 5.41) is 13.3. The summed E-state index contributed by atoms with van der Waals surface area (Å²) < 4.78 is 56.9. The third-order valence-electron chi connectivity index (χ3n) is 9.61. The van der Waals surface area contributed by atoms with E-state index in [1.54, 1.807) is 30.3 Å². The number of anilines is 5. The number of para-hydroxylation sites is 1. The lowest BCUT2D eigenvalue weighted by Crippen LogP contribution is -2.54. The van der Waals surface area contributed by atoms with Crippen LogP contribution in [0.1, 0.15) is 61.5 Å². The van der Waals surface area contributed by atoms with Crippen molar-refractivity contribution in [2.45, 2.75) is 44.1 Å². The van der Waals surface area contributed by atoms with E-state index in [9.17, 15) is 37.1 Å². The second kappa shape index (κ2) is 14.8. The maximum atomic E-state index is 15.3. The number of fused-ring (bicyclic) bond motifs is 1. The van der Waals surface area contributed by atoms with E-state index < -0.39 is 59.0 Å². The first-order valence-corrected chi connectivity index (χ1v) is 17.2. The summed E-state index contributed by atoms with van der Waals surface area (Å²) in [6.45, 7) is 1.30. The molecule has 5 amide bonds. The van der Waals surface area contributed by atoms with Gasteiger partial charge in [0.05, 0.1) is 22.4 Å². The SMILES string of the molecule is CNC(=O)c1ccccc1Nc1nc(Nc2ccc(CN[C@@H]3CCN(c4ccc5c(c4)C(=O)N(C4CCC(=O)NC4=O)C5=O)C3)c(F)c2)ncc1C(F)(F)F. The molecule has 0 saturated carbocycles. The Hall–Kier alpha value is -6.43. The lowest BCUT2D eigenvalue weighted by Gasteiger charge is -2.27. The number of carbonyl (C=O) groups excluding carboxylic acids is 5. The second-order valence-corrected chi connectivity index (χ2v) is 13.1. The van der Waals surface area contributed by atoms with E-state index in [0.29, 0.717) is 37.0 Å². The molecule has 55 heavy (non-hydrogen) atoms. The van der Waals surface area contributed by atoms with Gasteiger partial charge in [0.15, 0.2) is 0 Å². The van der Waals surface area contributed by atoms with Gasteiger partial charge in [-0.2, -0.15) is 18.2 Å². The molecule has 4 aromatic rings. The van der Waals surface area contributed by atoms with Gasteiger partial charge in [-0.1, -0.05) is 18.2 Å². The van der Waals surface area contributed by atoms with E-state index in [4.69, 9.17) is 0 Å². The number of alkyl halides is 3. The maximum absolute atomic E-state index is 15.3. The van der Waals surface area contributed by atoms with E-state index in [1.807, 2.05) is 4.90 Å². The van der Waals surface area contributed by atoms with Crippen LogP contribution >= 0.6 is 0 Å². The topological polar surface area (TPSA) is 178 Å². The molecule has 284 valence electrons. The molecule has 1 aromatic heterocycles. The molecule has 4 heterocycles. The van der Waals surface area contributed by atoms with Gasteiger partial charge in [0, 0.05) is 62.3 Å². The van der Waals surface area contributed by atoms with Gasteiger partial charge < -0.3 is 26.2 Å². The number of hydrogen-bond donors (Lipinski definition) is 5. The summed E-state index contributed by atoms with van der Waals surface area (Å²) >= 11 is 0. The fourth-order valence-electron chi connectivity index (χ4n) is 6.77. The molecular formula is C37H33F4N9O5. The molecule has 3 aliphatic heterocycles. The van der Waals surface area contributed by atoms with Crippen LogP contribution in [0.4, 0.5) is 46.4 Å². The minimum Gasteiger partial charge on any atom is -0.370 e. The van der Waals surface area contributed by atoms with Gasteiger partial charge in [0.2, 0.25) is 17.8 Å². The smallest absolute Gasteiger partial charge is 0.370 e. The molecule has 2 atom stereocenters. The Morgan fingerprint density at radius 3 is 2.49 bits per heavy atom. The number of piperidine rings is 1. The number of imide groups is 2. The van der Waals surface area contributed by atoms with Crippen molar-refractivity contribution in [3.63, 3.8) is 0 Å². The Labute approximate surface area is 310 Å². The highest BCUT2D eigenvalue weighted by atomic mass is 19.4. The van der Waals surface area contributed by atoms with Crippen molar-refractivity contribution in [2.24, 2.45) is 0 Å². The highest BCUT2D eigenvalue weighted by molar-refractivity contribution is 6.23. The van der Waals surface area contributed by atoms with Gasteiger partial charge in [-0.3, -0.25) is 34.2 Å². The average molecular weight is 760 g/mol. The number of amides is 5. The van der Waals surface area contributed by atoms with Crippen molar-refractivity contribution >= 4 is 58.4 Å². The predicted molar refractivity (Wildman–Crippen MR) is 190 cm³/mol. The van der Waals surface area contributed by atoms with Gasteiger partial charge >= 0.3 is 6.18 Å². The molecule has 3 aliphatic rings. The average Bonchev–Trinajstić information content (AvgIpc) is 3.72. The highest BCUT2D eigenvalue weighted by Crippen LogP contribution is 2.36. The van der Waals surface area contributed by atoms with Crippen molar-refractivity contribution in [2.75, 3.05) is 35.7 Å². The van der Waals surface area contributed by atoms with Crippen LogP contribution in [0.3, 0.4) is 0 Å². The normalized spacial score (nSPS) is 18.3. The largest absolute Gasteiger partial charge is 0.421 e. The molecule has 5 N–H and O–H groups in total. The Kier molecular flexibility index (Phi) is 9.91. The summed E-state index contributed by atoms with van der Waals surface area (Å²) in [4.78, 5) is 73.3. The van der Waals surface area contributed by atoms with Crippen molar-refractivity contribution in [1.29, 1.82) is 0 Å². The third kappa shape index (κ3) is 7.53. The van der Waals surface area contributed by atoms with Crippen LogP contribution in [0.25, 0.3) is 0 Å². The van der Waals surface area contributed by atoms with Crippen LogP contribution in [-0.4, -0.2) is 76.6 Å². The Morgan fingerprint density at radius 1 is 0.964 bits per heavy atom. The number of halogens is 4. The van der Waals surface area contributed by atoms with E-state index in [2.05, 4.69) is 36.6 Å². The third-order valence-corrected chi connectivity index (χ3v) is 9.61. The summed E-state index contributed by atoms with van der Waals surface area (Å²) in [5.41, 5.74) is 0.606. The predicted octanol–water partition coefficient (Wildman–Crippen LogP) is 4.25. The Balaban J connectivity index is 0.980. The number of nitrogens with zero attached hydrogens (tertiary/aromatic N) is 4. The van der Waals surface area contributed by atoms with Gasteiger partial charge in [-0.15, -0.1) is 0 Å². The fraction of sp³-hybridized carbons (Fsp3) is 0.270. The van der Waals surface area contributed by atoms with Crippen LogP contribution in [-0.2, 0) is 22.3 Å². The van der Waals surface area contributed by atoms with Crippen LogP contribution < -0.4 is 31.5 Å². The number of benzene rings is 3. The fourth-order valence-corrected chi connectivity index (χ4v) is 6.77. The van der Waals surface area contributed by atoms with E-state index >= 15 is 4.39 Å². The first-order valence-electron chi connectivity index (χ1n) is 17.2. The van der Waals surface area contributed by atoms with Gasteiger partial charge in [0.25, 0.3) is 17.7 Å². The molecular weight excluding hydrogens is 726 g/mol. The van der Waals surface area contributed by atoms with Gasteiger partial charge in [-0.05, 0) is 55.3 Å². The first-order chi connectivity index (χ1) is 26.3. The Morgan fingerprint density at radius 2 is 1.75 bits per heavy atom. The van der Waals surface area contributed by atoms with E-state index in [-0.39, 0.29) is 59.4 Å². The molecule has 2 fully saturated rings. The van der Waals surface area contributed by atoms with E-state index in [1.165, 1.54) is 37.4 Å². The van der Waals surface area contributed by atoms with Crippen molar-refractivity contribution in [1.82, 2.24) is 30.8 Å². The quantitative estimate of drug-likeness (QED) is 0.115. The van der Waals surface area contributed by atoms with Crippen LogP contribution in [0.15, 0.2) is 66.9 Å². The molecule has 14 nitrogen and oxygen atoms in total. The summed E-state index contributed by atoms with van der Waals surface area (Å²) in [6, 6.07) is 14.0. The molecule has 0 bridgehead atoms. The number of hydrogen-bond acceptors (Lipinski definition) is 11. The molecule has 0 spiro atoms. The lowest BCUT2D eigenvalue weighted by atomic mass is 10.0. The molecule has 3 aromatic carbocycles. The summed E-state index contributed by atoms with van der Waals surface area (Å²) in [7, 11) is 1.39. The number of aromatic nitrogens is 2. The number of nitrogens with one attached hydrogen (secondary N) is 5. The van der Waals surface area contributed by atoms with Gasteiger partial charge in [0.1, 0.15) is 23.2 Å². The van der Waals surface area contributed by atoms with Crippen LogP contribution in [0.2, 0.25) is 0 Å². The van der Waals surface area contributed by atoms with Crippen molar-refractivity contribution in [3.05, 3.63) is 100 Å². The summed E-state index contributed by atoms with van der Waals surface area (Å²) in [6.07, 6.45) is -3.44. The molecule has 0 radical (unpaired) electrons. The Bertz CT molecular complexity index is 2230. The van der Waals surface area contributed by atoms with E-state index in [0.717, 1.165) is 4.90 Å². The van der Waals surface area contributed by atoms with Crippen molar-refractivity contribution < 1.29 is 41.5 Å². The van der Waals surface area contributed by atoms with Gasteiger partial charge in [-0.25, -0.2) is 9.37 Å². The number of rotatable bonds is 10. The summed E-state index contributed by atoms with van der Waals surface area (Å²) in [5.74, 6) is -4.26. The van der Waals surface area contributed by atoms with Crippen LogP contribution in [0.5, 0.6) is 0 Å². The second-order valence-electron chi connectivity index (χ2n) is 13.1.